The first-order valence-corrected chi connectivity index (χ1v) is 23.2. The summed E-state index contributed by atoms with van der Waals surface area (Å²) in [5.41, 5.74) is 17.2. The highest BCUT2D eigenvalue weighted by Crippen LogP contribution is 2.57. The lowest BCUT2D eigenvalue weighted by atomic mass is 9.66. The van der Waals surface area contributed by atoms with E-state index in [9.17, 15) is 0 Å². The van der Waals surface area contributed by atoms with Crippen molar-refractivity contribution >= 4 is 31.5 Å². The average Bonchev–Trinajstić information content (AvgIpc) is 3.85. The van der Waals surface area contributed by atoms with Crippen molar-refractivity contribution in [3.63, 3.8) is 0 Å². The number of aromatic nitrogens is 2. The first kappa shape index (κ1) is 39.9. The van der Waals surface area contributed by atoms with Gasteiger partial charge in [0.25, 0.3) is 0 Å². The van der Waals surface area contributed by atoms with Gasteiger partial charge in [0.1, 0.15) is 0 Å². The number of benzene rings is 8. The third-order valence-electron chi connectivity index (χ3n) is 13.3. The maximum absolute atomic E-state index is 5.29. The highest BCUT2D eigenvalue weighted by molar-refractivity contribution is 7.26. The third kappa shape index (κ3) is 6.61. The van der Waals surface area contributed by atoms with Crippen molar-refractivity contribution in [2.24, 2.45) is 0 Å². The summed E-state index contributed by atoms with van der Waals surface area (Å²) in [7, 11) is 0. The molecule has 0 saturated heterocycles. The summed E-state index contributed by atoms with van der Waals surface area (Å²) in [4.78, 5) is 10.6. The quantitative estimate of drug-likeness (QED) is 0.167. The van der Waals surface area contributed by atoms with Crippen molar-refractivity contribution in [3.05, 3.63) is 228 Å². The number of hydrogen-bond acceptors (Lipinski definition) is 3. The van der Waals surface area contributed by atoms with Crippen LogP contribution in [0.2, 0.25) is 0 Å². The number of nitrogens with zero attached hydrogens (tertiary/aromatic N) is 2. The fourth-order valence-electron chi connectivity index (χ4n) is 9.94. The van der Waals surface area contributed by atoms with Gasteiger partial charge in [0.05, 0.1) is 16.8 Å². The molecule has 0 bridgehead atoms. The van der Waals surface area contributed by atoms with E-state index in [1.165, 1.54) is 70.2 Å². The molecule has 1 aliphatic rings. The summed E-state index contributed by atoms with van der Waals surface area (Å²) >= 11 is 1.83. The van der Waals surface area contributed by atoms with E-state index in [0.717, 1.165) is 33.6 Å². The van der Waals surface area contributed by atoms with Crippen LogP contribution >= 0.6 is 11.3 Å². The first-order chi connectivity index (χ1) is 31.0. The van der Waals surface area contributed by atoms with Crippen LogP contribution < -0.4 is 0 Å². The molecule has 2 aromatic heterocycles. The highest BCUT2D eigenvalue weighted by Gasteiger charge is 2.46. The van der Waals surface area contributed by atoms with Gasteiger partial charge in [-0.05, 0) is 90.7 Å². The molecule has 64 heavy (non-hydrogen) atoms. The second-order valence-electron chi connectivity index (χ2n) is 19.4. The number of rotatable bonds is 6. The van der Waals surface area contributed by atoms with Crippen LogP contribution in [0.3, 0.4) is 0 Å². The molecule has 10 aromatic rings. The summed E-state index contributed by atoms with van der Waals surface area (Å²) in [5, 5.41) is 2.53. The Bertz CT molecular complexity index is 3320. The Kier molecular flexibility index (Phi) is 9.41. The molecule has 2 nitrogen and oxygen atoms in total. The summed E-state index contributed by atoms with van der Waals surface area (Å²) < 4.78 is 2.52. The monoisotopic (exact) mass is 842 g/mol. The standard InChI is InChI=1S/C61H50N2S/c1-59(2,3)43-27-31-45(32-28-43)61(46-33-29-44(30-34-46)60(4,5)6)52-24-12-10-20-47(52)48-35-26-41(37-53(48)61)40-18-14-19-42(36-40)54-38-55(63-58(62-54)39-16-8-7-9-17-39)51-23-15-22-50-49-21-11-13-25-56(49)64-57(50)51/h7-38H,1-6H3. The molecular formula is C61H50N2S. The summed E-state index contributed by atoms with van der Waals surface area (Å²) in [6, 6.07) is 71.8. The van der Waals surface area contributed by atoms with E-state index < -0.39 is 5.41 Å². The summed E-state index contributed by atoms with van der Waals surface area (Å²) in [6.45, 7) is 13.8. The largest absolute Gasteiger partial charge is 0.228 e. The molecule has 0 aliphatic heterocycles. The lowest BCUT2D eigenvalue weighted by Gasteiger charge is -2.35. The van der Waals surface area contributed by atoms with Crippen molar-refractivity contribution < 1.29 is 0 Å². The molecule has 310 valence electrons. The zero-order chi connectivity index (χ0) is 43.8. The van der Waals surface area contributed by atoms with Gasteiger partial charge in [-0.2, -0.15) is 0 Å². The highest BCUT2D eigenvalue weighted by atomic mass is 32.1. The molecule has 0 saturated carbocycles. The Morgan fingerprint density at radius 2 is 0.938 bits per heavy atom. The minimum Gasteiger partial charge on any atom is -0.228 e. The normalized spacial score (nSPS) is 13.3. The molecule has 0 radical (unpaired) electrons. The molecule has 11 rings (SSSR count). The Morgan fingerprint density at radius 3 is 1.66 bits per heavy atom. The Morgan fingerprint density at radius 1 is 0.391 bits per heavy atom. The van der Waals surface area contributed by atoms with Crippen LogP contribution in [0.1, 0.15) is 74.9 Å². The molecule has 0 atom stereocenters. The van der Waals surface area contributed by atoms with E-state index in [-0.39, 0.29) is 10.8 Å². The smallest absolute Gasteiger partial charge is 0.160 e. The molecule has 8 aromatic carbocycles. The van der Waals surface area contributed by atoms with Gasteiger partial charge >= 0.3 is 0 Å². The molecule has 0 spiro atoms. The predicted molar refractivity (Wildman–Crippen MR) is 271 cm³/mol. The van der Waals surface area contributed by atoms with Crippen molar-refractivity contribution in [2.45, 2.75) is 57.8 Å². The van der Waals surface area contributed by atoms with Gasteiger partial charge in [-0.1, -0.05) is 211 Å². The van der Waals surface area contributed by atoms with Crippen molar-refractivity contribution in [1.82, 2.24) is 9.97 Å². The molecule has 2 heterocycles. The van der Waals surface area contributed by atoms with Gasteiger partial charge in [-0.25, -0.2) is 9.97 Å². The Labute approximate surface area is 381 Å². The van der Waals surface area contributed by atoms with Gasteiger partial charge < -0.3 is 0 Å². The van der Waals surface area contributed by atoms with Crippen molar-refractivity contribution in [3.8, 4) is 56.2 Å². The van der Waals surface area contributed by atoms with Crippen LogP contribution in [0.25, 0.3) is 76.3 Å². The second-order valence-corrected chi connectivity index (χ2v) is 20.5. The van der Waals surface area contributed by atoms with E-state index in [1.54, 1.807) is 0 Å². The van der Waals surface area contributed by atoms with Crippen LogP contribution in [0.5, 0.6) is 0 Å². The average molecular weight is 843 g/mol. The van der Waals surface area contributed by atoms with E-state index in [1.807, 2.05) is 17.4 Å². The Hall–Kier alpha value is -6.94. The van der Waals surface area contributed by atoms with Crippen molar-refractivity contribution in [1.29, 1.82) is 0 Å². The van der Waals surface area contributed by atoms with Crippen molar-refractivity contribution in [2.75, 3.05) is 0 Å². The van der Waals surface area contributed by atoms with Crippen LogP contribution in [0, 0.1) is 0 Å². The number of thiophene rings is 1. The first-order valence-electron chi connectivity index (χ1n) is 22.4. The molecule has 0 amide bonds. The molecular weight excluding hydrogens is 793 g/mol. The van der Waals surface area contributed by atoms with E-state index >= 15 is 0 Å². The molecule has 0 fully saturated rings. The van der Waals surface area contributed by atoms with Gasteiger partial charge in [-0.3, -0.25) is 0 Å². The van der Waals surface area contributed by atoms with Crippen LogP contribution in [0.15, 0.2) is 194 Å². The summed E-state index contributed by atoms with van der Waals surface area (Å²) in [5.74, 6) is 0.714. The van der Waals surface area contributed by atoms with Gasteiger partial charge in [0, 0.05) is 36.9 Å². The van der Waals surface area contributed by atoms with Crippen LogP contribution in [0.4, 0.5) is 0 Å². The Balaban J connectivity index is 1.09. The third-order valence-corrected chi connectivity index (χ3v) is 14.6. The SMILES string of the molecule is CC(C)(C)c1ccc(C2(c3ccc(C(C)(C)C)cc3)c3ccccc3-c3ccc(-c4cccc(-c5cc(-c6cccc7c6sc6ccccc67)nc(-c6ccccc6)n5)c4)cc32)cc1. The van der Waals surface area contributed by atoms with E-state index in [4.69, 9.17) is 9.97 Å². The molecule has 3 heteroatoms. The number of hydrogen-bond donors (Lipinski definition) is 0. The molecule has 0 unspecified atom stereocenters. The predicted octanol–water partition coefficient (Wildman–Crippen LogP) is 16.5. The minimum absolute atomic E-state index is 0.0436. The van der Waals surface area contributed by atoms with Gasteiger partial charge in [0.15, 0.2) is 5.82 Å². The lowest BCUT2D eigenvalue weighted by Crippen LogP contribution is -2.29. The topological polar surface area (TPSA) is 25.8 Å². The second kappa shape index (κ2) is 15.1. The minimum atomic E-state index is -0.522. The van der Waals surface area contributed by atoms with Crippen LogP contribution in [-0.2, 0) is 16.2 Å². The summed E-state index contributed by atoms with van der Waals surface area (Å²) in [6.07, 6.45) is 0. The molecule has 1 aliphatic carbocycles. The fraction of sp³-hybridized carbons (Fsp3) is 0.148. The van der Waals surface area contributed by atoms with Crippen LogP contribution in [-0.4, -0.2) is 9.97 Å². The number of fused-ring (bicyclic) bond motifs is 6. The lowest BCUT2D eigenvalue weighted by molar-refractivity contribution is 0.588. The fourth-order valence-corrected chi connectivity index (χ4v) is 11.2. The zero-order valence-electron chi connectivity index (χ0n) is 37.3. The van der Waals surface area contributed by atoms with E-state index in [2.05, 4.69) is 230 Å². The van der Waals surface area contributed by atoms with Gasteiger partial charge in [-0.15, -0.1) is 11.3 Å². The van der Waals surface area contributed by atoms with E-state index in [0.29, 0.717) is 5.82 Å². The molecule has 0 N–H and O–H groups in total. The maximum atomic E-state index is 5.29. The zero-order valence-corrected chi connectivity index (χ0v) is 38.1. The van der Waals surface area contributed by atoms with Gasteiger partial charge in [0.2, 0.25) is 0 Å². The maximum Gasteiger partial charge on any atom is 0.160 e.